The fourth-order valence-electron chi connectivity index (χ4n) is 6.31. The van der Waals surface area contributed by atoms with E-state index in [1.807, 2.05) is 0 Å². The number of nitrogens with zero attached hydrogens (tertiary/aromatic N) is 3. The number of pyridine rings is 1. The van der Waals surface area contributed by atoms with Gasteiger partial charge in [-0.15, -0.1) is 0 Å². The zero-order valence-electron chi connectivity index (χ0n) is 22.9. The zero-order chi connectivity index (χ0) is 26.0. The van der Waals surface area contributed by atoms with Crippen LogP contribution in [0.5, 0.6) is 0 Å². The van der Waals surface area contributed by atoms with E-state index in [9.17, 15) is 0 Å². The van der Waals surface area contributed by atoms with Crippen molar-refractivity contribution in [1.82, 2.24) is 14.5 Å². The van der Waals surface area contributed by atoms with Crippen molar-refractivity contribution >= 4 is 34.1 Å². The van der Waals surface area contributed by atoms with Crippen LogP contribution in [0.1, 0.15) is 67.5 Å². The normalized spacial score (nSPS) is 12.6. The smallest absolute Gasteiger partial charge is 0.249 e. The maximum atomic E-state index is 5.25. The Balaban J connectivity index is 1.76. The first kappa shape index (κ1) is 23.7. The summed E-state index contributed by atoms with van der Waals surface area (Å²) in [6.07, 6.45) is 2.11. The molecule has 1 aliphatic heterocycles. The van der Waals surface area contributed by atoms with Crippen LogP contribution >= 0.6 is 0 Å². The van der Waals surface area contributed by atoms with Crippen molar-refractivity contribution in [2.75, 3.05) is 0 Å². The highest BCUT2D eigenvalue weighted by Gasteiger charge is 2.37. The van der Waals surface area contributed by atoms with Gasteiger partial charge in [0.2, 0.25) is 6.71 Å². The zero-order valence-corrected chi connectivity index (χ0v) is 22.9. The van der Waals surface area contributed by atoms with Crippen LogP contribution in [0.2, 0.25) is 0 Å². The number of aryl methyl sites for hydroxylation is 3. The Morgan fingerprint density at radius 3 is 2.05 bits per heavy atom. The number of para-hydroxylation sites is 1. The van der Waals surface area contributed by atoms with Crippen LogP contribution in [0.25, 0.3) is 28.1 Å². The minimum atomic E-state index is 0.110. The average Bonchev–Trinajstić information content (AvgIpc) is 3.25. The highest BCUT2D eigenvalue weighted by atomic mass is 15.1. The first-order valence-corrected chi connectivity index (χ1v) is 13.4. The van der Waals surface area contributed by atoms with E-state index in [4.69, 9.17) is 9.97 Å². The van der Waals surface area contributed by atoms with Gasteiger partial charge < -0.3 is 0 Å². The quantitative estimate of drug-likeness (QED) is 0.284. The molecule has 0 fully saturated rings. The molecule has 2 aromatic heterocycles. The number of hydrogen-bond donors (Lipinski definition) is 0. The molecule has 0 spiro atoms. The largest absolute Gasteiger partial charge is 0.293 e. The molecule has 0 saturated carbocycles. The van der Waals surface area contributed by atoms with Gasteiger partial charge >= 0.3 is 0 Å². The van der Waals surface area contributed by atoms with Gasteiger partial charge in [-0.1, -0.05) is 80.7 Å². The third-order valence-electron chi connectivity index (χ3n) is 7.81. The van der Waals surface area contributed by atoms with Gasteiger partial charge in [0.15, 0.2) is 0 Å². The standard InChI is InChI=1S/C33H34BN3/c1-19(2)25-10-8-11-26(20(3)4)31(25)34-27-12-9-13-29-32(27)37(30-17-23(7)35-18-28(30)34)33(36-29)24-15-21(5)14-22(6)16-24/h8-20H,1-7H3. The molecular formula is C33H34BN3. The monoisotopic (exact) mass is 483 g/mol. The molecule has 0 saturated heterocycles. The molecule has 6 rings (SSSR count). The number of aromatic nitrogens is 3. The molecule has 1 aliphatic rings. The van der Waals surface area contributed by atoms with Crippen LogP contribution < -0.4 is 16.4 Å². The summed E-state index contributed by atoms with van der Waals surface area (Å²) >= 11 is 0. The van der Waals surface area contributed by atoms with Crippen LogP contribution in [0.15, 0.2) is 66.9 Å². The third-order valence-corrected chi connectivity index (χ3v) is 7.81. The van der Waals surface area contributed by atoms with Crippen molar-refractivity contribution in [3.05, 3.63) is 94.8 Å². The lowest BCUT2D eigenvalue weighted by Gasteiger charge is -2.31. The molecule has 0 atom stereocenters. The summed E-state index contributed by atoms with van der Waals surface area (Å²) in [6.45, 7) is 15.8. The fraction of sp³-hybridized carbons (Fsp3) is 0.273. The van der Waals surface area contributed by atoms with Gasteiger partial charge in [0.05, 0.1) is 11.0 Å². The maximum absolute atomic E-state index is 5.25. The van der Waals surface area contributed by atoms with E-state index in [-0.39, 0.29) is 6.71 Å². The molecule has 184 valence electrons. The van der Waals surface area contributed by atoms with Gasteiger partial charge in [-0.3, -0.25) is 9.55 Å². The first-order chi connectivity index (χ1) is 17.7. The van der Waals surface area contributed by atoms with Crippen LogP contribution in [-0.2, 0) is 0 Å². The molecule has 37 heavy (non-hydrogen) atoms. The van der Waals surface area contributed by atoms with Crippen molar-refractivity contribution in [3.63, 3.8) is 0 Å². The Morgan fingerprint density at radius 2 is 1.41 bits per heavy atom. The fourth-order valence-corrected chi connectivity index (χ4v) is 6.31. The molecular weight excluding hydrogens is 449 g/mol. The number of fused-ring (bicyclic) bond motifs is 2. The van der Waals surface area contributed by atoms with Crippen LogP contribution in [-0.4, -0.2) is 21.2 Å². The topological polar surface area (TPSA) is 30.7 Å². The van der Waals surface area contributed by atoms with Crippen LogP contribution in [0.4, 0.5) is 0 Å². The van der Waals surface area contributed by atoms with Crippen LogP contribution in [0, 0.1) is 20.8 Å². The minimum absolute atomic E-state index is 0.110. The number of rotatable bonds is 4. The summed E-state index contributed by atoms with van der Waals surface area (Å²) in [5.41, 5.74) is 15.0. The van der Waals surface area contributed by atoms with E-state index in [0.29, 0.717) is 11.8 Å². The lowest BCUT2D eigenvalue weighted by Crippen LogP contribution is -2.58. The molecule has 5 aromatic rings. The Labute approximate surface area is 220 Å². The van der Waals surface area contributed by atoms with E-state index in [2.05, 4.69) is 120 Å². The van der Waals surface area contributed by atoms with Gasteiger partial charge in [-0.25, -0.2) is 4.98 Å². The Kier molecular flexibility index (Phi) is 5.60. The maximum Gasteiger partial charge on any atom is 0.249 e. The molecule has 0 radical (unpaired) electrons. The van der Waals surface area contributed by atoms with Gasteiger partial charge in [-0.05, 0) is 78.9 Å². The van der Waals surface area contributed by atoms with E-state index in [0.717, 1.165) is 22.6 Å². The van der Waals surface area contributed by atoms with Crippen molar-refractivity contribution in [2.24, 2.45) is 0 Å². The molecule has 0 unspecified atom stereocenters. The Hall–Kier alpha value is -3.66. The molecule has 4 heteroatoms. The Morgan fingerprint density at radius 1 is 0.757 bits per heavy atom. The third kappa shape index (κ3) is 3.73. The van der Waals surface area contributed by atoms with E-state index >= 15 is 0 Å². The summed E-state index contributed by atoms with van der Waals surface area (Å²) in [7, 11) is 0. The van der Waals surface area contributed by atoms with Crippen molar-refractivity contribution in [1.29, 1.82) is 0 Å². The second-order valence-electron chi connectivity index (χ2n) is 11.3. The van der Waals surface area contributed by atoms with E-state index in [1.165, 1.54) is 49.8 Å². The summed E-state index contributed by atoms with van der Waals surface area (Å²) in [4.78, 5) is 10.1. The second-order valence-corrected chi connectivity index (χ2v) is 11.3. The van der Waals surface area contributed by atoms with Gasteiger partial charge in [0, 0.05) is 23.1 Å². The summed E-state index contributed by atoms with van der Waals surface area (Å²) in [6, 6.07) is 22.5. The predicted molar refractivity (Wildman–Crippen MR) is 158 cm³/mol. The number of imidazole rings is 1. The number of hydrogen-bond acceptors (Lipinski definition) is 2. The van der Waals surface area contributed by atoms with E-state index in [1.54, 1.807) is 0 Å². The molecule has 0 N–H and O–H groups in total. The predicted octanol–water partition coefficient (Wildman–Crippen LogP) is 6.09. The number of benzene rings is 3. The van der Waals surface area contributed by atoms with E-state index < -0.39 is 0 Å². The van der Waals surface area contributed by atoms with Crippen molar-refractivity contribution in [3.8, 4) is 17.1 Å². The molecule has 0 amide bonds. The van der Waals surface area contributed by atoms with Crippen molar-refractivity contribution < 1.29 is 0 Å². The van der Waals surface area contributed by atoms with Gasteiger partial charge in [0.25, 0.3) is 0 Å². The Bertz CT molecular complexity index is 1630. The lowest BCUT2D eigenvalue weighted by atomic mass is 9.34. The molecule has 0 bridgehead atoms. The molecule has 3 heterocycles. The summed E-state index contributed by atoms with van der Waals surface area (Å²) < 4.78 is 2.40. The highest BCUT2D eigenvalue weighted by molar-refractivity contribution is 6.98. The molecule has 3 nitrogen and oxygen atoms in total. The summed E-state index contributed by atoms with van der Waals surface area (Å²) in [5.74, 6) is 1.85. The highest BCUT2D eigenvalue weighted by Crippen LogP contribution is 2.32. The molecule has 0 aliphatic carbocycles. The lowest BCUT2D eigenvalue weighted by molar-refractivity contribution is 0.845. The second kappa shape index (κ2) is 8.73. The van der Waals surface area contributed by atoms with Gasteiger partial charge in [-0.2, -0.15) is 0 Å². The average molecular weight is 483 g/mol. The first-order valence-electron chi connectivity index (χ1n) is 13.4. The van der Waals surface area contributed by atoms with Crippen molar-refractivity contribution in [2.45, 2.75) is 60.3 Å². The van der Waals surface area contributed by atoms with Crippen LogP contribution in [0.3, 0.4) is 0 Å². The van der Waals surface area contributed by atoms with Gasteiger partial charge in [0.1, 0.15) is 5.82 Å². The summed E-state index contributed by atoms with van der Waals surface area (Å²) in [5, 5.41) is 0. The minimum Gasteiger partial charge on any atom is -0.293 e. The molecule has 3 aromatic carbocycles. The SMILES string of the molecule is Cc1cc(C)cc(-c2nc3cccc4c3n2-c2cc(C)ncc2B4c2c(C(C)C)cccc2C(C)C)c1.